The van der Waals surface area contributed by atoms with Crippen LogP contribution in [-0.4, -0.2) is 36.0 Å². The molecular weight excluding hydrogens is 258 g/mol. The van der Waals surface area contributed by atoms with Crippen LogP contribution in [0.3, 0.4) is 0 Å². The number of benzene rings is 1. The van der Waals surface area contributed by atoms with Crippen molar-refractivity contribution in [2.24, 2.45) is 0 Å². The lowest BCUT2D eigenvalue weighted by atomic mass is 10.1. The largest absolute Gasteiger partial charge is 0.548 e. The van der Waals surface area contributed by atoms with Gasteiger partial charge in [0.15, 0.2) is 0 Å². The van der Waals surface area contributed by atoms with Crippen LogP contribution in [0.15, 0.2) is 24.3 Å². The van der Waals surface area contributed by atoms with Gasteiger partial charge in [-0.1, -0.05) is 6.92 Å². The average molecular weight is 276 g/mol. The van der Waals surface area contributed by atoms with Crippen LogP contribution in [0.2, 0.25) is 0 Å². The van der Waals surface area contributed by atoms with Gasteiger partial charge in [0.2, 0.25) is 0 Å². The zero-order valence-electron chi connectivity index (χ0n) is 11.5. The highest BCUT2D eigenvalue weighted by Gasteiger charge is 2.30. The summed E-state index contributed by atoms with van der Waals surface area (Å²) in [5.41, 5.74) is 0.474. The minimum absolute atomic E-state index is 0.265. The first-order valence-electron chi connectivity index (χ1n) is 6.88. The number of carboxylic acid groups (broad SMARTS) is 1. The lowest BCUT2D eigenvalue weighted by molar-refractivity contribution is -0.310. The van der Waals surface area contributed by atoms with Crippen LogP contribution < -0.4 is 9.84 Å². The standard InChI is InChI=1S/C15H19NO4/c1-2-10-20-12-7-5-11(6-8-12)14(17)16-9-3-4-13(16)15(18)19/h5-8,13H,2-4,9-10H2,1H3,(H,18,19)/p-1/t13-/m0/s1. The third kappa shape index (κ3) is 3.10. The Hall–Kier alpha value is -2.04. The number of carbonyl (C=O) groups excluding carboxylic acids is 2. The first-order chi connectivity index (χ1) is 9.63. The lowest BCUT2D eigenvalue weighted by Crippen LogP contribution is -2.46. The highest BCUT2D eigenvalue weighted by Crippen LogP contribution is 2.21. The number of nitrogens with zero attached hydrogens (tertiary/aromatic N) is 1. The quantitative estimate of drug-likeness (QED) is 0.798. The molecule has 5 heteroatoms. The molecule has 0 aromatic heterocycles. The number of carboxylic acids is 1. The highest BCUT2D eigenvalue weighted by atomic mass is 16.5. The fourth-order valence-corrected chi connectivity index (χ4v) is 2.33. The van der Waals surface area contributed by atoms with Gasteiger partial charge in [0.05, 0.1) is 18.6 Å². The zero-order chi connectivity index (χ0) is 14.5. The summed E-state index contributed by atoms with van der Waals surface area (Å²) < 4.78 is 5.45. The molecule has 1 aromatic carbocycles. The van der Waals surface area contributed by atoms with Crippen molar-refractivity contribution in [1.29, 1.82) is 0 Å². The molecule has 0 radical (unpaired) electrons. The maximum atomic E-state index is 12.3. The Morgan fingerprint density at radius 1 is 1.35 bits per heavy atom. The summed E-state index contributed by atoms with van der Waals surface area (Å²) >= 11 is 0. The highest BCUT2D eigenvalue weighted by molar-refractivity contribution is 5.96. The molecule has 108 valence electrons. The second-order valence-electron chi connectivity index (χ2n) is 4.85. The Bertz CT molecular complexity index is 483. The molecule has 0 aliphatic carbocycles. The summed E-state index contributed by atoms with van der Waals surface area (Å²) in [5.74, 6) is -0.737. The van der Waals surface area contributed by atoms with Crippen LogP contribution in [0.1, 0.15) is 36.5 Å². The van der Waals surface area contributed by atoms with E-state index in [1.54, 1.807) is 24.3 Å². The van der Waals surface area contributed by atoms with Crippen molar-refractivity contribution in [3.05, 3.63) is 29.8 Å². The van der Waals surface area contributed by atoms with E-state index >= 15 is 0 Å². The van der Waals surface area contributed by atoms with E-state index in [0.29, 0.717) is 37.3 Å². The van der Waals surface area contributed by atoms with Crippen LogP contribution in [0, 0.1) is 0 Å². The van der Waals surface area contributed by atoms with E-state index in [2.05, 4.69) is 0 Å². The molecule has 20 heavy (non-hydrogen) atoms. The van der Waals surface area contributed by atoms with E-state index in [9.17, 15) is 14.7 Å². The Morgan fingerprint density at radius 2 is 2.05 bits per heavy atom. The summed E-state index contributed by atoms with van der Waals surface area (Å²) in [4.78, 5) is 24.6. The number of amides is 1. The van der Waals surface area contributed by atoms with Gasteiger partial charge in [0, 0.05) is 12.1 Å². The van der Waals surface area contributed by atoms with Gasteiger partial charge in [0.25, 0.3) is 5.91 Å². The second-order valence-corrected chi connectivity index (χ2v) is 4.85. The van der Waals surface area contributed by atoms with E-state index in [0.717, 1.165) is 6.42 Å². The number of hydrogen-bond donors (Lipinski definition) is 0. The third-order valence-electron chi connectivity index (χ3n) is 3.36. The predicted molar refractivity (Wildman–Crippen MR) is 71.3 cm³/mol. The fraction of sp³-hybridized carbons (Fsp3) is 0.467. The van der Waals surface area contributed by atoms with Crippen molar-refractivity contribution >= 4 is 11.9 Å². The summed E-state index contributed by atoms with van der Waals surface area (Å²) in [5, 5.41) is 11.0. The maximum absolute atomic E-state index is 12.3. The molecule has 0 N–H and O–H groups in total. The van der Waals surface area contributed by atoms with E-state index in [4.69, 9.17) is 4.74 Å². The number of hydrogen-bond acceptors (Lipinski definition) is 4. The molecule has 1 amide bonds. The van der Waals surface area contributed by atoms with Crippen molar-refractivity contribution in [1.82, 2.24) is 4.90 Å². The molecule has 1 aromatic rings. The van der Waals surface area contributed by atoms with Gasteiger partial charge < -0.3 is 19.5 Å². The average Bonchev–Trinajstić information content (AvgIpc) is 2.94. The summed E-state index contributed by atoms with van der Waals surface area (Å²) in [6.45, 7) is 3.11. The van der Waals surface area contributed by atoms with Gasteiger partial charge in [-0.3, -0.25) is 4.79 Å². The predicted octanol–water partition coefficient (Wildman–Crippen LogP) is 0.830. The number of rotatable bonds is 5. The Balaban J connectivity index is 2.07. The minimum Gasteiger partial charge on any atom is -0.548 e. The molecule has 1 aliphatic rings. The van der Waals surface area contributed by atoms with Gasteiger partial charge in [-0.15, -0.1) is 0 Å². The van der Waals surface area contributed by atoms with Crippen molar-refractivity contribution in [2.75, 3.05) is 13.2 Å². The van der Waals surface area contributed by atoms with Crippen molar-refractivity contribution in [2.45, 2.75) is 32.2 Å². The van der Waals surface area contributed by atoms with E-state index in [-0.39, 0.29) is 5.91 Å². The molecule has 0 spiro atoms. The topological polar surface area (TPSA) is 69.7 Å². The second kappa shape index (κ2) is 6.41. The Kier molecular flexibility index (Phi) is 4.61. The SMILES string of the molecule is CCCOc1ccc(C(=O)N2CCC[C@H]2C(=O)[O-])cc1. The van der Waals surface area contributed by atoms with E-state index < -0.39 is 12.0 Å². The molecular formula is C15H18NO4-. The minimum atomic E-state index is -1.18. The van der Waals surface area contributed by atoms with Gasteiger partial charge in [-0.25, -0.2) is 0 Å². The Labute approximate surface area is 118 Å². The number of ether oxygens (including phenoxy) is 1. The summed E-state index contributed by atoms with van der Waals surface area (Å²) in [7, 11) is 0. The Morgan fingerprint density at radius 3 is 2.65 bits per heavy atom. The lowest BCUT2D eigenvalue weighted by Gasteiger charge is -2.25. The van der Waals surface area contributed by atoms with Gasteiger partial charge in [-0.2, -0.15) is 0 Å². The third-order valence-corrected chi connectivity index (χ3v) is 3.36. The number of likely N-dealkylation sites (tertiary alicyclic amines) is 1. The first kappa shape index (κ1) is 14.4. The van der Waals surface area contributed by atoms with Crippen LogP contribution in [0.4, 0.5) is 0 Å². The van der Waals surface area contributed by atoms with Crippen LogP contribution in [-0.2, 0) is 4.79 Å². The molecule has 1 fully saturated rings. The normalized spacial score (nSPS) is 18.1. The number of carbonyl (C=O) groups is 2. The molecule has 1 heterocycles. The molecule has 2 rings (SSSR count). The molecule has 0 bridgehead atoms. The van der Waals surface area contributed by atoms with Crippen LogP contribution >= 0.6 is 0 Å². The number of aliphatic carboxylic acids is 1. The monoisotopic (exact) mass is 276 g/mol. The maximum Gasteiger partial charge on any atom is 0.254 e. The van der Waals surface area contributed by atoms with E-state index in [1.807, 2.05) is 6.92 Å². The van der Waals surface area contributed by atoms with Crippen molar-refractivity contribution in [3.63, 3.8) is 0 Å². The molecule has 0 unspecified atom stereocenters. The zero-order valence-corrected chi connectivity index (χ0v) is 11.5. The molecule has 0 saturated carbocycles. The first-order valence-corrected chi connectivity index (χ1v) is 6.88. The molecule has 1 saturated heterocycles. The van der Waals surface area contributed by atoms with Gasteiger partial charge in [-0.05, 0) is 43.5 Å². The molecule has 1 aliphatic heterocycles. The fourth-order valence-electron chi connectivity index (χ4n) is 2.33. The van der Waals surface area contributed by atoms with Gasteiger partial charge >= 0.3 is 0 Å². The van der Waals surface area contributed by atoms with E-state index in [1.165, 1.54) is 4.90 Å². The van der Waals surface area contributed by atoms with Gasteiger partial charge in [0.1, 0.15) is 5.75 Å². The smallest absolute Gasteiger partial charge is 0.254 e. The van der Waals surface area contributed by atoms with Crippen LogP contribution in [0.5, 0.6) is 5.75 Å². The molecule has 5 nitrogen and oxygen atoms in total. The van der Waals surface area contributed by atoms with Crippen molar-refractivity contribution in [3.8, 4) is 5.75 Å². The summed E-state index contributed by atoms with van der Waals surface area (Å²) in [6.07, 6.45) is 2.08. The summed E-state index contributed by atoms with van der Waals surface area (Å²) in [6, 6.07) is 5.98. The van der Waals surface area contributed by atoms with Crippen molar-refractivity contribution < 1.29 is 19.4 Å². The van der Waals surface area contributed by atoms with Crippen LogP contribution in [0.25, 0.3) is 0 Å². The molecule has 1 atom stereocenters.